The summed E-state index contributed by atoms with van der Waals surface area (Å²) in [5, 5.41) is 6.90. The third-order valence-electron chi connectivity index (χ3n) is 3.38. The minimum absolute atomic E-state index is 0.0922. The van der Waals surface area contributed by atoms with E-state index >= 15 is 0 Å². The molecule has 0 fully saturated rings. The number of ether oxygens (including phenoxy) is 1. The van der Waals surface area contributed by atoms with Crippen LogP contribution in [0.4, 0.5) is 10.5 Å². The minimum atomic E-state index is -0.379. The number of amides is 2. The van der Waals surface area contributed by atoms with Crippen LogP contribution < -0.4 is 20.7 Å². The molecular weight excluding hydrogens is 321 g/mol. The van der Waals surface area contributed by atoms with E-state index in [0.29, 0.717) is 5.88 Å². The third kappa shape index (κ3) is 5.20. The number of hydrogen-bond acceptors (Lipinski definition) is 3. The summed E-state index contributed by atoms with van der Waals surface area (Å²) in [6.07, 6.45) is 2.73. The molecule has 1 heterocycles. The molecular formula is C18H24N3O2P. The van der Waals surface area contributed by atoms with Crippen LogP contribution in [0.25, 0.3) is 0 Å². The van der Waals surface area contributed by atoms with Gasteiger partial charge in [0.25, 0.3) is 0 Å². The van der Waals surface area contributed by atoms with Crippen molar-refractivity contribution in [1.29, 1.82) is 0 Å². The Bertz CT molecular complexity index is 677. The maximum Gasteiger partial charge on any atom is 0.319 e. The fraction of sp³-hybridized carbons (Fsp3) is 0.333. The van der Waals surface area contributed by atoms with Crippen molar-refractivity contribution in [3.63, 3.8) is 0 Å². The van der Waals surface area contributed by atoms with Crippen LogP contribution in [0, 0.1) is 0 Å². The number of nitrogens with zero attached hydrogens (tertiary/aromatic N) is 1. The van der Waals surface area contributed by atoms with Crippen molar-refractivity contribution in [2.24, 2.45) is 0 Å². The summed E-state index contributed by atoms with van der Waals surface area (Å²) < 4.78 is 5.81. The second kappa shape index (κ2) is 8.65. The molecule has 2 N–H and O–H groups in total. The third-order valence-corrected chi connectivity index (χ3v) is 5.52. The number of rotatable bonds is 6. The molecule has 1 atom stereocenters. The monoisotopic (exact) mass is 345 g/mol. The van der Waals surface area contributed by atoms with E-state index in [1.54, 1.807) is 6.20 Å². The number of carbonyl (C=O) groups excluding carboxylic acids is 1. The molecule has 128 valence electrons. The zero-order valence-electron chi connectivity index (χ0n) is 14.5. The highest BCUT2D eigenvalue weighted by atomic mass is 31.1. The van der Waals surface area contributed by atoms with Crippen molar-refractivity contribution in [2.45, 2.75) is 26.8 Å². The van der Waals surface area contributed by atoms with Crippen molar-refractivity contribution in [1.82, 2.24) is 10.3 Å². The van der Waals surface area contributed by atoms with Gasteiger partial charge in [-0.05, 0) is 50.9 Å². The van der Waals surface area contributed by atoms with E-state index in [1.807, 2.05) is 50.2 Å². The Morgan fingerprint density at radius 3 is 2.71 bits per heavy atom. The fourth-order valence-corrected chi connectivity index (χ4v) is 3.35. The molecule has 0 spiro atoms. The van der Waals surface area contributed by atoms with Crippen LogP contribution in [-0.2, 0) is 0 Å². The Balaban J connectivity index is 2.23. The summed E-state index contributed by atoms with van der Waals surface area (Å²) >= 11 is 0. The SMILES string of the molecule is CCP(C)c1cc(Oc2ccccn2)ccc1NC(=O)NC(C)C. The van der Waals surface area contributed by atoms with Crippen molar-refractivity contribution < 1.29 is 9.53 Å². The number of hydrogen-bond donors (Lipinski definition) is 2. The lowest BCUT2D eigenvalue weighted by atomic mass is 10.3. The Morgan fingerprint density at radius 1 is 1.29 bits per heavy atom. The van der Waals surface area contributed by atoms with Crippen LogP contribution >= 0.6 is 7.92 Å². The Morgan fingerprint density at radius 2 is 2.08 bits per heavy atom. The number of benzene rings is 1. The second-order valence-electron chi connectivity index (χ2n) is 5.72. The number of anilines is 1. The summed E-state index contributed by atoms with van der Waals surface area (Å²) in [6.45, 7) is 8.21. The number of carbonyl (C=O) groups is 1. The van der Waals surface area contributed by atoms with Gasteiger partial charge >= 0.3 is 6.03 Å². The first-order chi connectivity index (χ1) is 11.5. The highest BCUT2D eigenvalue weighted by molar-refractivity contribution is 7.65. The first-order valence-electron chi connectivity index (χ1n) is 8.01. The second-order valence-corrected chi connectivity index (χ2v) is 8.23. The van der Waals surface area contributed by atoms with Crippen molar-refractivity contribution in [2.75, 3.05) is 18.1 Å². The predicted molar refractivity (Wildman–Crippen MR) is 101 cm³/mol. The highest BCUT2D eigenvalue weighted by Crippen LogP contribution is 2.34. The molecule has 1 aromatic carbocycles. The Hall–Kier alpha value is -2.13. The van der Waals surface area contributed by atoms with Gasteiger partial charge in [-0.2, -0.15) is 0 Å². The van der Waals surface area contributed by atoms with Crippen LogP contribution in [0.2, 0.25) is 0 Å². The molecule has 2 rings (SSSR count). The quantitative estimate of drug-likeness (QED) is 0.773. The molecule has 1 unspecified atom stereocenters. The van der Waals surface area contributed by atoms with Crippen LogP contribution in [0.1, 0.15) is 20.8 Å². The van der Waals surface area contributed by atoms with Gasteiger partial charge in [0.15, 0.2) is 0 Å². The molecule has 0 aliphatic rings. The molecule has 0 radical (unpaired) electrons. The van der Waals surface area contributed by atoms with Crippen molar-refractivity contribution >= 4 is 24.9 Å². The van der Waals surface area contributed by atoms with E-state index in [0.717, 1.165) is 22.9 Å². The zero-order chi connectivity index (χ0) is 17.5. The maximum absolute atomic E-state index is 12.0. The number of nitrogens with one attached hydrogen (secondary N) is 2. The van der Waals surface area contributed by atoms with Crippen LogP contribution in [0.5, 0.6) is 11.6 Å². The van der Waals surface area contributed by atoms with Gasteiger partial charge < -0.3 is 15.4 Å². The molecule has 0 aliphatic heterocycles. The molecule has 24 heavy (non-hydrogen) atoms. The van der Waals surface area contributed by atoms with Crippen molar-refractivity contribution in [3.05, 3.63) is 42.6 Å². The van der Waals surface area contributed by atoms with Gasteiger partial charge in [0, 0.05) is 23.6 Å². The normalized spacial score (nSPS) is 11.9. The number of pyridine rings is 1. The zero-order valence-corrected chi connectivity index (χ0v) is 15.4. The summed E-state index contributed by atoms with van der Waals surface area (Å²) in [5.41, 5.74) is 0.831. The summed E-state index contributed by atoms with van der Waals surface area (Å²) in [7, 11) is -0.379. The van der Waals surface area contributed by atoms with Crippen molar-refractivity contribution in [3.8, 4) is 11.6 Å². The predicted octanol–water partition coefficient (Wildman–Crippen LogP) is 4.16. The minimum Gasteiger partial charge on any atom is -0.439 e. The largest absolute Gasteiger partial charge is 0.439 e. The van der Waals surface area contributed by atoms with E-state index in [9.17, 15) is 4.79 Å². The molecule has 0 aliphatic carbocycles. The first kappa shape index (κ1) is 18.2. The fourth-order valence-electron chi connectivity index (χ4n) is 2.12. The van der Waals surface area contributed by atoms with Gasteiger partial charge in [-0.3, -0.25) is 0 Å². The van der Waals surface area contributed by atoms with Gasteiger partial charge in [0.1, 0.15) is 5.75 Å². The molecule has 0 saturated carbocycles. The van der Waals surface area contributed by atoms with Gasteiger partial charge in [-0.25, -0.2) is 9.78 Å². The lowest BCUT2D eigenvalue weighted by molar-refractivity contribution is 0.250. The van der Waals surface area contributed by atoms with Crippen LogP contribution in [0.15, 0.2) is 42.6 Å². The molecule has 0 bridgehead atoms. The average Bonchev–Trinajstić information content (AvgIpc) is 2.55. The van der Waals surface area contributed by atoms with E-state index in [1.165, 1.54) is 0 Å². The van der Waals surface area contributed by atoms with E-state index in [-0.39, 0.29) is 20.0 Å². The average molecular weight is 345 g/mol. The van der Waals surface area contributed by atoms with E-state index < -0.39 is 0 Å². The molecule has 2 amide bonds. The van der Waals surface area contributed by atoms with Crippen LogP contribution in [0.3, 0.4) is 0 Å². The molecule has 5 nitrogen and oxygen atoms in total. The highest BCUT2D eigenvalue weighted by Gasteiger charge is 2.13. The number of urea groups is 1. The molecule has 2 aromatic rings. The standard InChI is InChI=1S/C18H24N3O2P/c1-5-24(4)16-12-14(23-17-8-6-7-11-19-17)9-10-15(16)21-18(22)20-13(2)3/h6-13H,5H2,1-4H3,(H2,20,21,22). The first-order valence-corrected chi connectivity index (χ1v) is 9.98. The maximum atomic E-state index is 12.0. The Labute approximate surface area is 144 Å². The molecule has 1 aromatic heterocycles. The Kier molecular flexibility index (Phi) is 6.56. The molecule has 6 heteroatoms. The van der Waals surface area contributed by atoms with E-state index in [4.69, 9.17) is 4.74 Å². The van der Waals surface area contributed by atoms with Gasteiger partial charge in [-0.15, -0.1) is 0 Å². The topological polar surface area (TPSA) is 63.2 Å². The van der Waals surface area contributed by atoms with E-state index in [2.05, 4.69) is 29.2 Å². The summed E-state index contributed by atoms with van der Waals surface area (Å²) in [6, 6.07) is 11.2. The lowest BCUT2D eigenvalue weighted by Gasteiger charge is -2.18. The smallest absolute Gasteiger partial charge is 0.319 e. The summed E-state index contributed by atoms with van der Waals surface area (Å²) in [5.74, 6) is 1.28. The van der Waals surface area contributed by atoms with Gasteiger partial charge in [0.2, 0.25) is 5.88 Å². The lowest BCUT2D eigenvalue weighted by Crippen LogP contribution is -2.35. The van der Waals surface area contributed by atoms with Gasteiger partial charge in [-0.1, -0.05) is 20.9 Å². The summed E-state index contributed by atoms with van der Waals surface area (Å²) in [4.78, 5) is 16.2. The van der Waals surface area contributed by atoms with Gasteiger partial charge in [0.05, 0.1) is 5.69 Å². The molecule has 0 saturated heterocycles. The van der Waals surface area contributed by atoms with Crippen LogP contribution in [-0.4, -0.2) is 29.9 Å². The number of aromatic nitrogens is 1.